The van der Waals surface area contributed by atoms with Crippen molar-refractivity contribution in [1.29, 1.82) is 0 Å². The molecule has 30 heavy (non-hydrogen) atoms. The van der Waals surface area contributed by atoms with E-state index in [1.54, 1.807) is 30.3 Å². The van der Waals surface area contributed by atoms with Crippen molar-refractivity contribution in [3.05, 3.63) is 57.0 Å². The van der Waals surface area contributed by atoms with E-state index in [9.17, 15) is 9.59 Å². The molecule has 1 aliphatic heterocycles. The molecule has 1 aliphatic rings. The Hall–Kier alpha value is -3.37. The first-order chi connectivity index (χ1) is 14.5. The van der Waals surface area contributed by atoms with Gasteiger partial charge in [0.2, 0.25) is 11.8 Å². The summed E-state index contributed by atoms with van der Waals surface area (Å²) in [6.07, 6.45) is 0. The van der Waals surface area contributed by atoms with E-state index in [4.69, 9.17) is 21.1 Å². The number of fused-ring (bicyclic) bond motifs is 1. The molecule has 0 saturated carbocycles. The molecule has 2 aromatic carbocycles. The molecule has 3 aromatic rings. The van der Waals surface area contributed by atoms with Crippen molar-refractivity contribution < 1.29 is 19.1 Å². The summed E-state index contributed by atoms with van der Waals surface area (Å²) in [5, 5.41) is 17.2. The zero-order valence-corrected chi connectivity index (χ0v) is 17.3. The molecule has 3 amide bonds. The lowest BCUT2D eigenvalue weighted by Gasteiger charge is -2.09. The van der Waals surface area contributed by atoms with Crippen LogP contribution in [0.2, 0.25) is 5.02 Å². The molecule has 154 valence electrons. The summed E-state index contributed by atoms with van der Waals surface area (Å²) in [6.45, 7) is 2.14. The Morgan fingerprint density at radius 1 is 1.10 bits per heavy atom. The fraction of sp³-hybridized carbons (Fsp3) is 0.158. The molecule has 0 spiro atoms. The van der Waals surface area contributed by atoms with Crippen molar-refractivity contribution >= 4 is 46.3 Å². The highest BCUT2D eigenvalue weighted by atomic mass is 35.5. The average molecular weight is 446 g/mol. The average Bonchev–Trinajstić information content (AvgIpc) is 3.38. The minimum Gasteiger partial charge on any atom is -0.454 e. The number of urea groups is 1. The van der Waals surface area contributed by atoms with E-state index in [1.165, 1.54) is 0 Å². The normalized spacial score (nSPS) is 11.8. The number of ether oxygens (including phenoxy) is 2. The lowest BCUT2D eigenvalue weighted by molar-refractivity contribution is 0.102. The number of nitrogens with one attached hydrogen (secondary N) is 3. The molecule has 0 aliphatic carbocycles. The second kappa shape index (κ2) is 8.56. The van der Waals surface area contributed by atoms with Gasteiger partial charge in [0.15, 0.2) is 11.5 Å². The highest BCUT2D eigenvalue weighted by Crippen LogP contribution is 2.34. The summed E-state index contributed by atoms with van der Waals surface area (Å²) in [7, 11) is 0. The second-order valence-corrected chi connectivity index (χ2v) is 7.79. The van der Waals surface area contributed by atoms with Gasteiger partial charge in [0.05, 0.1) is 6.54 Å². The molecule has 0 unspecified atom stereocenters. The third-order valence-corrected chi connectivity index (χ3v) is 5.30. The number of aryl methyl sites for hydroxylation is 1. The molecule has 4 rings (SSSR count). The second-order valence-electron chi connectivity index (χ2n) is 6.29. The Bertz CT molecular complexity index is 1120. The highest BCUT2D eigenvalue weighted by molar-refractivity contribution is 7.13. The van der Waals surface area contributed by atoms with Gasteiger partial charge < -0.3 is 25.4 Å². The zero-order valence-electron chi connectivity index (χ0n) is 15.7. The summed E-state index contributed by atoms with van der Waals surface area (Å²) in [5.41, 5.74) is 2.05. The number of nitrogens with zero attached hydrogens (tertiary/aromatic N) is 2. The van der Waals surface area contributed by atoms with Gasteiger partial charge in [-0.05, 0) is 36.8 Å². The van der Waals surface area contributed by atoms with E-state index in [2.05, 4.69) is 26.1 Å². The van der Waals surface area contributed by atoms with Crippen molar-refractivity contribution in [3.63, 3.8) is 0 Å². The Balaban J connectivity index is 1.32. The van der Waals surface area contributed by atoms with Crippen molar-refractivity contribution in [2.45, 2.75) is 13.5 Å². The molecule has 0 atom stereocenters. The number of carbonyl (C=O) groups is 2. The number of halogens is 1. The fourth-order valence-electron chi connectivity index (χ4n) is 2.63. The molecule has 0 fully saturated rings. The van der Waals surface area contributed by atoms with E-state index in [0.29, 0.717) is 32.9 Å². The molecule has 1 aromatic heterocycles. The molecule has 9 nitrogen and oxygen atoms in total. The van der Waals surface area contributed by atoms with Crippen LogP contribution in [0.3, 0.4) is 0 Å². The van der Waals surface area contributed by atoms with Crippen molar-refractivity contribution in [3.8, 4) is 11.5 Å². The van der Waals surface area contributed by atoms with Crippen molar-refractivity contribution in [2.24, 2.45) is 0 Å². The van der Waals surface area contributed by atoms with E-state index in [-0.39, 0.29) is 18.3 Å². The quantitative estimate of drug-likeness (QED) is 0.550. The van der Waals surface area contributed by atoms with E-state index in [1.807, 2.05) is 13.0 Å². The minimum atomic E-state index is -0.415. The van der Waals surface area contributed by atoms with E-state index < -0.39 is 11.9 Å². The number of anilines is 2. The van der Waals surface area contributed by atoms with Gasteiger partial charge in [-0.3, -0.25) is 4.79 Å². The van der Waals surface area contributed by atoms with Gasteiger partial charge in [-0.2, -0.15) is 0 Å². The van der Waals surface area contributed by atoms with Gasteiger partial charge in [0.25, 0.3) is 5.91 Å². The minimum absolute atomic E-state index is 0.125. The predicted molar refractivity (Wildman–Crippen MR) is 112 cm³/mol. The first-order valence-electron chi connectivity index (χ1n) is 8.82. The summed E-state index contributed by atoms with van der Waals surface area (Å²) in [5.74, 6) is 0.788. The molecule has 11 heteroatoms. The van der Waals surface area contributed by atoms with Crippen LogP contribution in [0.25, 0.3) is 0 Å². The monoisotopic (exact) mass is 445 g/mol. The van der Waals surface area contributed by atoms with Gasteiger partial charge in [-0.25, -0.2) is 4.79 Å². The van der Waals surface area contributed by atoms with E-state index in [0.717, 1.165) is 16.9 Å². The van der Waals surface area contributed by atoms with Gasteiger partial charge >= 0.3 is 6.03 Å². The maximum atomic E-state index is 12.4. The van der Waals surface area contributed by atoms with Crippen LogP contribution in [0.4, 0.5) is 16.2 Å². The zero-order chi connectivity index (χ0) is 21.1. The molecule has 0 saturated heterocycles. The number of aromatic nitrogens is 2. The maximum Gasteiger partial charge on any atom is 0.319 e. The Morgan fingerprint density at radius 2 is 1.93 bits per heavy atom. The molecule has 3 N–H and O–H groups in total. The maximum absolute atomic E-state index is 12.4. The molecular formula is C19H16ClN5O4S. The summed E-state index contributed by atoms with van der Waals surface area (Å²) < 4.78 is 10.5. The summed E-state index contributed by atoms with van der Waals surface area (Å²) in [4.78, 5) is 24.5. The Labute approximate surface area is 180 Å². The Kier molecular flexibility index (Phi) is 5.68. The molecule has 0 bridgehead atoms. The van der Waals surface area contributed by atoms with Crippen LogP contribution in [-0.2, 0) is 6.54 Å². The summed E-state index contributed by atoms with van der Waals surface area (Å²) >= 11 is 7.04. The number of benzene rings is 2. The van der Waals surface area contributed by atoms with Gasteiger partial charge in [-0.15, -0.1) is 10.2 Å². The van der Waals surface area contributed by atoms with Gasteiger partial charge in [0.1, 0.15) is 5.01 Å². The van der Waals surface area contributed by atoms with E-state index >= 15 is 0 Å². The van der Waals surface area contributed by atoms with Crippen LogP contribution < -0.4 is 25.4 Å². The molecule has 0 radical (unpaired) electrons. The first kappa shape index (κ1) is 19.9. The van der Waals surface area contributed by atoms with Crippen LogP contribution in [0.1, 0.15) is 20.4 Å². The molecular weight excluding hydrogens is 430 g/mol. The smallest absolute Gasteiger partial charge is 0.319 e. The van der Waals surface area contributed by atoms with Crippen LogP contribution in [0.5, 0.6) is 11.5 Å². The molecule has 2 heterocycles. The lowest BCUT2D eigenvalue weighted by Crippen LogP contribution is -2.28. The van der Waals surface area contributed by atoms with Gasteiger partial charge in [0, 0.05) is 22.5 Å². The van der Waals surface area contributed by atoms with Crippen LogP contribution >= 0.6 is 22.9 Å². The summed E-state index contributed by atoms with van der Waals surface area (Å²) in [6, 6.07) is 9.91. The topological polar surface area (TPSA) is 114 Å². The van der Waals surface area contributed by atoms with Gasteiger partial charge in [-0.1, -0.05) is 29.0 Å². The standard InChI is InChI=1S/C19H16ClN5O4S/c1-10-2-3-11(20)6-13(10)23-19(27)21-8-16-24-25-18(30-16)17(26)22-12-4-5-14-15(7-12)29-9-28-14/h2-7H,8-9H2,1H3,(H,22,26)(H2,21,23,27). The number of amides is 3. The number of hydrogen-bond acceptors (Lipinski definition) is 7. The third-order valence-electron chi connectivity index (χ3n) is 4.14. The Morgan fingerprint density at radius 3 is 2.80 bits per heavy atom. The number of hydrogen-bond donors (Lipinski definition) is 3. The fourth-order valence-corrected chi connectivity index (χ4v) is 3.47. The first-order valence-corrected chi connectivity index (χ1v) is 10.0. The van der Waals surface area contributed by atoms with Crippen molar-refractivity contribution in [1.82, 2.24) is 15.5 Å². The van der Waals surface area contributed by atoms with Crippen LogP contribution in [0.15, 0.2) is 36.4 Å². The largest absolute Gasteiger partial charge is 0.454 e. The predicted octanol–water partition coefficient (Wildman–Crippen LogP) is 3.80. The number of carbonyl (C=O) groups excluding carboxylic acids is 2. The van der Waals surface area contributed by atoms with Crippen LogP contribution in [-0.4, -0.2) is 28.9 Å². The lowest BCUT2D eigenvalue weighted by atomic mass is 10.2. The van der Waals surface area contributed by atoms with Crippen molar-refractivity contribution in [2.75, 3.05) is 17.4 Å². The number of rotatable bonds is 5. The highest BCUT2D eigenvalue weighted by Gasteiger charge is 2.17. The third kappa shape index (κ3) is 4.61. The SMILES string of the molecule is Cc1ccc(Cl)cc1NC(=O)NCc1nnc(C(=O)Nc2ccc3c(c2)OCO3)s1. The van der Waals surface area contributed by atoms with Crippen LogP contribution in [0, 0.1) is 6.92 Å².